The van der Waals surface area contributed by atoms with E-state index in [1.54, 1.807) is 18.2 Å². The Hall–Kier alpha value is -3.96. The second-order valence-electron chi connectivity index (χ2n) is 8.06. The third kappa shape index (κ3) is 4.19. The van der Waals surface area contributed by atoms with E-state index in [1.807, 2.05) is 0 Å². The number of anilines is 1. The molecular formula is C26H18BrFN2O6S. The first-order valence-electron chi connectivity index (χ1n) is 10.8. The van der Waals surface area contributed by atoms with Gasteiger partial charge in [0.15, 0.2) is 16.6 Å². The molecule has 4 aromatic rings. The van der Waals surface area contributed by atoms with Crippen molar-refractivity contribution in [2.45, 2.75) is 6.04 Å². The molecule has 1 aliphatic heterocycles. The summed E-state index contributed by atoms with van der Waals surface area (Å²) < 4.78 is 25.0. The molecule has 11 heteroatoms. The van der Waals surface area contributed by atoms with Gasteiger partial charge in [-0.25, -0.2) is 9.37 Å². The van der Waals surface area contributed by atoms with Gasteiger partial charge in [-0.15, -0.1) is 0 Å². The van der Waals surface area contributed by atoms with Crippen LogP contribution in [0.25, 0.3) is 16.0 Å². The number of phenolic OH excluding ortho intramolecular Hbond substituents is 1. The van der Waals surface area contributed by atoms with Crippen LogP contribution >= 0.6 is 27.3 Å². The highest BCUT2D eigenvalue weighted by Gasteiger charge is 2.48. The smallest absolute Gasteiger partial charge is 0.301 e. The number of aliphatic hydroxyl groups excluding tert-OH is 1. The average Bonchev–Trinajstić information content (AvgIpc) is 3.43. The lowest BCUT2D eigenvalue weighted by Gasteiger charge is -2.24. The monoisotopic (exact) mass is 584 g/mol. The quantitative estimate of drug-likeness (QED) is 0.180. The number of amides is 1. The molecule has 1 fully saturated rings. The molecule has 0 spiro atoms. The SMILES string of the molecule is COc1ccc2nc(N3C(=O)C(=O)C(=C(O)c4ccc(F)cc4)C3c3cc(Br)c(O)c(OC)c3)sc2c1. The van der Waals surface area contributed by atoms with Gasteiger partial charge in [-0.2, -0.15) is 0 Å². The molecular weight excluding hydrogens is 567 g/mol. The number of phenols is 1. The summed E-state index contributed by atoms with van der Waals surface area (Å²) in [5.41, 5.74) is 0.891. The first-order chi connectivity index (χ1) is 17.7. The summed E-state index contributed by atoms with van der Waals surface area (Å²) in [5.74, 6) is -2.32. The molecule has 0 radical (unpaired) electrons. The fourth-order valence-corrected chi connectivity index (χ4v) is 5.62. The van der Waals surface area contributed by atoms with E-state index >= 15 is 0 Å². The molecule has 188 valence electrons. The van der Waals surface area contributed by atoms with E-state index in [0.717, 1.165) is 16.8 Å². The molecule has 1 amide bonds. The van der Waals surface area contributed by atoms with Crippen molar-refractivity contribution in [2.24, 2.45) is 0 Å². The molecule has 1 aromatic heterocycles. The Kier molecular flexibility index (Phi) is 6.34. The Labute approximate surface area is 222 Å². The Balaban J connectivity index is 1.76. The molecule has 1 aliphatic rings. The van der Waals surface area contributed by atoms with Crippen molar-refractivity contribution in [3.8, 4) is 17.2 Å². The van der Waals surface area contributed by atoms with Crippen molar-refractivity contribution in [1.29, 1.82) is 0 Å². The van der Waals surface area contributed by atoms with Crippen LogP contribution < -0.4 is 14.4 Å². The van der Waals surface area contributed by atoms with Gasteiger partial charge in [0.25, 0.3) is 5.78 Å². The van der Waals surface area contributed by atoms with Crippen LogP contribution in [0.2, 0.25) is 0 Å². The van der Waals surface area contributed by atoms with Crippen LogP contribution in [0.15, 0.2) is 64.6 Å². The summed E-state index contributed by atoms with van der Waals surface area (Å²) in [5, 5.41) is 21.7. The van der Waals surface area contributed by atoms with E-state index in [2.05, 4.69) is 20.9 Å². The number of thiazole rings is 1. The summed E-state index contributed by atoms with van der Waals surface area (Å²) in [6, 6.07) is 12.0. The number of halogens is 2. The zero-order valence-corrected chi connectivity index (χ0v) is 21.8. The van der Waals surface area contributed by atoms with Crippen molar-refractivity contribution in [1.82, 2.24) is 4.98 Å². The van der Waals surface area contributed by atoms with E-state index in [4.69, 9.17) is 9.47 Å². The zero-order valence-electron chi connectivity index (χ0n) is 19.4. The number of fused-ring (bicyclic) bond motifs is 1. The molecule has 1 atom stereocenters. The van der Waals surface area contributed by atoms with Gasteiger partial charge < -0.3 is 19.7 Å². The molecule has 1 saturated heterocycles. The van der Waals surface area contributed by atoms with Crippen LogP contribution in [-0.2, 0) is 9.59 Å². The number of methoxy groups -OCH3 is 2. The second kappa shape index (κ2) is 9.49. The molecule has 1 unspecified atom stereocenters. The minimum atomic E-state index is -1.13. The highest BCUT2D eigenvalue weighted by molar-refractivity contribution is 9.10. The van der Waals surface area contributed by atoms with Gasteiger partial charge in [-0.3, -0.25) is 14.5 Å². The topological polar surface area (TPSA) is 109 Å². The zero-order chi connectivity index (χ0) is 26.4. The van der Waals surface area contributed by atoms with Gasteiger partial charge in [0.2, 0.25) is 0 Å². The molecule has 2 heterocycles. The molecule has 5 rings (SSSR count). The predicted molar refractivity (Wildman–Crippen MR) is 140 cm³/mol. The van der Waals surface area contributed by atoms with Gasteiger partial charge in [-0.1, -0.05) is 11.3 Å². The number of ether oxygens (including phenoxy) is 2. The van der Waals surface area contributed by atoms with Gasteiger partial charge >= 0.3 is 5.91 Å². The average molecular weight is 585 g/mol. The maximum Gasteiger partial charge on any atom is 0.301 e. The normalized spacial score (nSPS) is 17.0. The van der Waals surface area contributed by atoms with Gasteiger partial charge in [0.05, 0.1) is 40.5 Å². The molecule has 3 aromatic carbocycles. The molecule has 0 saturated carbocycles. The molecule has 0 bridgehead atoms. The number of aliphatic hydroxyl groups is 1. The Bertz CT molecular complexity index is 1600. The number of aromatic hydroxyl groups is 1. The standard InChI is InChI=1S/C26H18BrFN2O6S/c1-35-15-7-8-17-19(11-15)37-26(29-17)30-21(13-9-16(27)23(32)18(10-13)36-2)20(24(33)25(30)34)22(31)12-3-5-14(28)6-4-12/h3-11,21,31-32H,1-2H3. The lowest BCUT2D eigenvalue weighted by Crippen LogP contribution is -2.29. The number of carbonyl (C=O) groups is 2. The predicted octanol–water partition coefficient (Wildman–Crippen LogP) is 5.55. The first-order valence-corrected chi connectivity index (χ1v) is 12.4. The van der Waals surface area contributed by atoms with Crippen molar-refractivity contribution in [3.05, 3.63) is 81.6 Å². The Morgan fingerprint density at radius 1 is 1.08 bits per heavy atom. The number of nitrogens with zero attached hydrogens (tertiary/aromatic N) is 2. The maximum absolute atomic E-state index is 13.5. The van der Waals surface area contributed by atoms with Crippen LogP contribution in [-0.4, -0.2) is 41.1 Å². The summed E-state index contributed by atoms with van der Waals surface area (Å²) in [6.45, 7) is 0. The lowest BCUT2D eigenvalue weighted by molar-refractivity contribution is -0.132. The van der Waals surface area contributed by atoms with E-state index in [0.29, 0.717) is 16.8 Å². The largest absolute Gasteiger partial charge is 0.507 e. The van der Waals surface area contributed by atoms with E-state index in [9.17, 15) is 24.2 Å². The number of hydrogen-bond donors (Lipinski definition) is 2. The van der Waals surface area contributed by atoms with E-state index < -0.39 is 29.3 Å². The van der Waals surface area contributed by atoms with Crippen LogP contribution in [0.3, 0.4) is 0 Å². The number of rotatable bonds is 5. The van der Waals surface area contributed by atoms with E-state index in [1.165, 1.54) is 54.7 Å². The first kappa shape index (κ1) is 24.7. The third-order valence-corrected chi connectivity index (χ3v) is 7.56. The highest BCUT2D eigenvalue weighted by Crippen LogP contribution is 2.47. The van der Waals surface area contributed by atoms with Crippen LogP contribution in [0.1, 0.15) is 17.2 Å². The number of carbonyl (C=O) groups excluding carboxylic acids is 2. The minimum Gasteiger partial charge on any atom is -0.507 e. The van der Waals surface area contributed by atoms with Crippen LogP contribution in [0.4, 0.5) is 9.52 Å². The number of Topliss-reactive ketones (excluding diaryl/α,β-unsaturated/α-hetero) is 1. The van der Waals surface area contributed by atoms with E-state index in [-0.39, 0.29) is 32.2 Å². The number of hydrogen-bond acceptors (Lipinski definition) is 8. The van der Waals surface area contributed by atoms with Gasteiger partial charge in [0, 0.05) is 5.56 Å². The summed E-state index contributed by atoms with van der Waals surface area (Å²) in [7, 11) is 2.90. The Morgan fingerprint density at radius 2 is 1.81 bits per heavy atom. The van der Waals surface area contributed by atoms with Crippen LogP contribution in [0.5, 0.6) is 17.2 Å². The molecule has 37 heavy (non-hydrogen) atoms. The van der Waals surface area contributed by atoms with Crippen molar-refractivity contribution in [3.63, 3.8) is 0 Å². The lowest BCUT2D eigenvalue weighted by atomic mass is 9.95. The fourth-order valence-electron chi connectivity index (χ4n) is 4.14. The number of benzene rings is 3. The maximum atomic E-state index is 13.5. The second-order valence-corrected chi connectivity index (χ2v) is 9.92. The summed E-state index contributed by atoms with van der Waals surface area (Å²) in [4.78, 5) is 32.5. The summed E-state index contributed by atoms with van der Waals surface area (Å²) >= 11 is 4.45. The van der Waals surface area contributed by atoms with Crippen molar-refractivity contribution < 1.29 is 33.7 Å². The fraction of sp³-hybridized carbons (Fsp3) is 0.115. The molecule has 8 nitrogen and oxygen atoms in total. The molecule has 2 N–H and O–H groups in total. The van der Waals surface area contributed by atoms with Crippen LogP contribution in [0, 0.1) is 5.82 Å². The van der Waals surface area contributed by atoms with Gasteiger partial charge in [-0.05, 0) is 76.1 Å². The minimum absolute atomic E-state index is 0.0887. The Morgan fingerprint density at radius 3 is 2.49 bits per heavy atom. The summed E-state index contributed by atoms with van der Waals surface area (Å²) in [6.07, 6.45) is 0. The number of aromatic nitrogens is 1. The van der Waals surface area contributed by atoms with Gasteiger partial charge in [0.1, 0.15) is 17.3 Å². The molecule has 0 aliphatic carbocycles. The third-order valence-electron chi connectivity index (χ3n) is 5.94. The highest BCUT2D eigenvalue weighted by atomic mass is 79.9. The number of ketones is 1. The van der Waals surface area contributed by atoms with Crippen molar-refractivity contribution in [2.75, 3.05) is 19.1 Å². The van der Waals surface area contributed by atoms with Crippen molar-refractivity contribution >= 4 is 60.1 Å².